The minimum atomic E-state index is -0.839. The number of ether oxygens (including phenoxy) is 2. The van der Waals surface area contributed by atoms with Gasteiger partial charge in [0.05, 0.1) is 18.7 Å². The molecular formula is C25H25N5O6. The number of hydrogen-bond acceptors (Lipinski definition) is 7. The summed E-state index contributed by atoms with van der Waals surface area (Å²) in [5.41, 5.74) is 6.25. The number of carbonyl (C=O) groups excluding carboxylic acids is 2. The number of methoxy groups -OCH3 is 1. The van der Waals surface area contributed by atoms with Crippen LogP contribution in [0.4, 0.5) is 11.5 Å². The van der Waals surface area contributed by atoms with Crippen LogP contribution in [0.3, 0.4) is 0 Å². The number of amides is 1. The second-order valence-corrected chi connectivity index (χ2v) is 7.93. The monoisotopic (exact) mass is 491 g/mol. The lowest BCUT2D eigenvalue weighted by Crippen LogP contribution is -2.44. The summed E-state index contributed by atoms with van der Waals surface area (Å²) in [6.07, 6.45) is 1.50. The highest BCUT2D eigenvalue weighted by molar-refractivity contribution is 6.05. The number of fused-ring (bicyclic) bond motifs is 1. The topological polar surface area (TPSA) is 153 Å². The Morgan fingerprint density at radius 3 is 2.53 bits per heavy atom. The van der Waals surface area contributed by atoms with Gasteiger partial charge in [0, 0.05) is 30.8 Å². The molecule has 11 nitrogen and oxygen atoms in total. The Labute approximate surface area is 205 Å². The molecule has 0 radical (unpaired) electrons. The Morgan fingerprint density at radius 2 is 1.78 bits per heavy atom. The van der Waals surface area contributed by atoms with Gasteiger partial charge >= 0.3 is 11.7 Å². The molecule has 2 aromatic carbocycles. The lowest BCUT2D eigenvalue weighted by atomic mass is 10.2. The van der Waals surface area contributed by atoms with Crippen molar-refractivity contribution in [3.8, 4) is 0 Å². The molecule has 0 aliphatic rings. The lowest BCUT2D eigenvalue weighted by molar-refractivity contribution is -0.121. The summed E-state index contributed by atoms with van der Waals surface area (Å²) in [7, 11) is 1.43. The smallest absolute Gasteiger partial charge is 0.340 e. The van der Waals surface area contributed by atoms with Gasteiger partial charge in [-0.3, -0.25) is 24.0 Å². The molecule has 1 amide bonds. The normalized spacial score (nSPS) is 10.9. The zero-order valence-corrected chi connectivity index (χ0v) is 19.5. The van der Waals surface area contributed by atoms with Crippen molar-refractivity contribution >= 4 is 34.3 Å². The Balaban J connectivity index is 1.60. The molecule has 4 N–H and O–H groups in total. The molecule has 0 fully saturated rings. The zero-order valence-electron chi connectivity index (χ0n) is 19.5. The highest BCUT2D eigenvalue weighted by Crippen LogP contribution is 2.20. The van der Waals surface area contributed by atoms with Crippen LogP contribution in [0, 0.1) is 0 Å². The molecule has 0 atom stereocenters. The number of nitrogens with two attached hydrogens (primary N) is 1. The molecule has 0 unspecified atom stereocenters. The first-order valence-corrected chi connectivity index (χ1v) is 11.1. The maximum atomic E-state index is 13.1. The first kappa shape index (κ1) is 24.5. The number of carbonyl (C=O) groups is 2. The highest BCUT2D eigenvalue weighted by atomic mass is 16.5. The van der Waals surface area contributed by atoms with E-state index in [9.17, 15) is 19.2 Å². The summed E-state index contributed by atoms with van der Waals surface area (Å²) in [6, 6.07) is 16.2. The number of aromatic amines is 2. The van der Waals surface area contributed by atoms with Crippen molar-refractivity contribution in [1.29, 1.82) is 0 Å². The van der Waals surface area contributed by atoms with E-state index in [2.05, 4.69) is 9.97 Å². The first-order valence-electron chi connectivity index (χ1n) is 11.1. The highest BCUT2D eigenvalue weighted by Gasteiger charge is 2.26. The number of nitrogen functional groups attached to an aromatic ring is 1. The van der Waals surface area contributed by atoms with Gasteiger partial charge in [-0.2, -0.15) is 0 Å². The van der Waals surface area contributed by atoms with Crippen LogP contribution in [0.2, 0.25) is 0 Å². The van der Waals surface area contributed by atoms with Crippen LogP contribution in [0.1, 0.15) is 15.9 Å². The number of para-hydroxylation sites is 1. The summed E-state index contributed by atoms with van der Waals surface area (Å²) in [6.45, 7) is -0.564. The fourth-order valence-corrected chi connectivity index (χ4v) is 3.83. The number of nitrogens with zero attached hydrogens (tertiary/aromatic N) is 2. The number of nitrogens with one attached hydrogen (secondary N) is 2. The van der Waals surface area contributed by atoms with E-state index in [4.69, 9.17) is 15.2 Å². The van der Waals surface area contributed by atoms with Crippen molar-refractivity contribution in [3.05, 3.63) is 92.8 Å². The number of hydrogen-bond donors (Lipinski definition) is 3. The predicted octanol–water partition coefficient (Wildman–Crippen LogP) is 1.48. The van der Waals surface area contributed by atoms with E-state index in [0.29, 0.717) is 5.39 Å². The van der Waals surface area contributed by atoms with E-state index in [-0.39, 0.29) is 36.8 Å². The molecule has 36 heavy (non-hydrogen) atoms. The minimum absolute atomic E-state index is 0.0587. The summed E-state index contributed by atoms with van der Waals surface area (Å²) in [5.74, 6) is -1.61. The zero-order chi connectivity index (χ0) is 25.7. The standard InChI is InChI=1S/C25H25N5O6/c1-35-12-11-29(20(31)15-36-24(33)18-13-27-19-10-6-5-9-17(18)19)21-22(26)30(25(34)28-23(21)32)14-16-7-3-2-4-8-16/h2-10,13,27H,11-12,14-15,26H2,1H3,(H,28,32,34). The quantitative estimate of drug-likeness (QED) is 0.300. The number of benzene rings is 2. The molecule has 186 valence electrons. The third-order valence-corrected chi connectivity index (χ3v) is 5.62. The molecule has 2 heterocycles. The van der Waals surface area contributed by atoms with E-state index in [1.165, 1.54) is 13.3 Å². The van der Waals surface area contributed by atoms with Crippen molar-refractivity contribution in [2.45, 2.75) is 6.54 Å². The van der Waals surface area contributed by atoms with Gasteiger partial charge in [-0.05, 0) is 11.6 Å². The molecule has 0 aliphatic heterocycles. The second-order valence-electron chi connectivity index (χ2n) is 7.93. The van der Waals surface area contributed by atoms with Crippen LogP contribution in [-0.4, -0.2) is 53.3 Å². The Hall–Kier alpha value is -4.64. The van der Waals surface area contributed by atoms with Crippen molar-refractivity contribution in [2.24, 2.45) is 0 Å². The van der Waals surface area contributed by atoms with Crippen molar-refractivity contribution in [3.63, 3.8) is 0 Å². The number of H-pyrrole nitrogens is 2. The minimum Gasteiger partial charge on any atom is -0.452 e. The molecular weight excluding hydrogens is 466 g/mol. The molecule has 4 aromatic rings. The number of anilines is 2. The van der Waals surface area contributed by atoms with Gasteiger partial charge in [0.15, 0.2) is 12.3 Å². The van der Waals surface area contributed by atoms with Crippen molar-refractivity contribution in [1.82, 2.24) is 14.5 Å². The fourth-order valence-electron chi connectivity index (χ4n) is 3.83. The molecule has 11 heteroatoms. The second kappa shape index (κ2) is 10.7. The van der Waals surface area contributed by atoms with Gasteiger partial charge in [0.2, 0.25) is 0 Å². The van der Waals surface area contributed by atoms with Gasteiger partial charge in [-0.25, -0.2) is 9.59 Å². The summed E-state index contributed by atoms with van der Waals surface area (Å²) < 4.78 is 11.5. The van der Waals surface area contributed by atoms with Crippen LogP contribution in [0.5, 0.6) is 0 Å². The SMILES string of the molecule is COCCN(C(=O)COC(=O)c1c[nH]c2ccccc12)c1c(N)n(Cc2ccccc2)c(=O)[nH]c1=O. The third-order valence-electron chi connectivity index (χ3n) is 5.62. The molecule has 0 saturated heterocycles. The van der Waals surface area contributed by atoms with Gasteiger partial charge in [-0.15, -0.1) is 0 Å². The largest absolute Gasteiger partial charge is 0.452 e. The Bertz CT molecular complexity index is 1500. The summed E-state index contributed by atoms with van der Waals surface area (Å²) in [5, 5.41) is 0.653. The van der Waals surface area contributed by atoms with Crippen molar-refractivity contribution < 1.29 is 19.1 Å². The average Bonchev–Trinajstić information content (AvgIpc) is 3.31. The summed E-state index contributed by atoms with van der Waals surface area (Å²) in [4.78, 5) is 57.3. The van der Waals surface area contributed by atoms with E-state index in [1.807, 2.05) is 18.2 Å². The van der Waals surface area contributed by atoms with Crippen LogP contribution < -0.4 is 21.9 Å². The van der Waals surface area contributed by atoms with Gasteiger partial charge in [0.25, 0.3) is 11.5 Å². The van der Waals surface area contributed by atoms with Gasteiger partial charge < -0.3 is 20.2 Å². The van der Waals surface area contributed by atoms with Gasteiger partial charge in [0.1, 0.15) is 5.82 Å². The van der Waals surface area contributed by atoms with E-state index in [1.54, 1.807) is 36.4 Å². The van der Waals surface area contributed by atoms with Crippen LogP contribution in [0.15, 0.2) is 70.4 Å². The molecule has 0 spiro atoms. The van der Waals surface area contributed by atoms with Crippen LogP contribution in [0.25, 0.3) is 10.9 Å². The molecule has 2 aromatic heterocycles. The number of aromatic nitrogens is 3. The van der Waals surface area contributed by atoms with Gasteiger partial charge in [-0.1, -0.05) is 48.5 Å². The first-order chi connectivity index (χ1) is 17.4. The maximum absolute atomic E-state index is 13.1. The number of esters is 1. The predicted molar refractivity (Wildman–Crippen MR) is 134 cm³/mol. The lowest BCUT2D eigenvalue weighted by Gasteiger charge is -2.24. The van der Waals surface area contributed by atoms with E-state index in [0.717, 1.165) is 20.5 Å². The van der Waals surface area contributed by atoms with E-state index < -0.39 is 29.7 Å². The Kier molecular flexibility index (Phi) is 7.31. The van der Waals surface area contributed by atoms with Crippen molar-refractivity contribution in [2.75, 3.05) is 37.5 Å². The molecule has 0 aliphatic carbocycles. The van der Waals surface area contributed by atoms with Crippen LogP contribution >= 0.6 is 0 Å². The summed E-state index contributed by atoms with van der Waals surface area (Å²) >= 11 is 0. The Morgan fingerprint density at radius 1 is 1.06 bits per heavy atom. The van der Waals surface area contributed by atoms with E-state index >= 15 is 0 Å². The van der Waals surface area contributed by atoms with Crippen LogP contribution in [-0.2, 0) is 20.8 Å². The molecule has 0 bridgehead atoms. The third kappa shape index (κ3) is 5.05. The number of rotatable bonds is 9. The maximum Gasteiger partial charge on any atom is 0.340 e. The molecule has 0 saturated carbocycles. The average molecular weight is 492 g/mol. The fraction of sp³-hybridized carbons (Fsp3) is 0.200. The molecule has 4 rings (SSSR count).